The highest BCUT2D eigenvalue weighted by atomic mass is 16.5. The van der Waals surface area contributed by atoms with E-state index >= 15 is 0 Å². The fraction of sp³-hybridized carbons (Fsp3) is 0.423. The van der Waals surface area contributed by atoms with E-state index in [4.69, 9.17) is 4.74 Å². The molecule has 2 atom stereocenters. The van der Waals surface area contributed by atoms with Crippen molar-refractivity contribution in [1.29, 1.82) is 0 Å². The highest BCUT2D eigenvalue weighted by Crippen LogP contribution is 2.34. The lowest BCUT2D eigenvalue weighted by molar-refractivity contribution is -0.188. The van der Waals surface area contributed by atoms with Gasteiger partial charge in [-0.25, -0.2) is 14.8 Å². The molecular weight excluding hydrogens is 446 g/mol. The first kappa shape index (κ1) is 24.5. The average molecular weight is 480 g/mol. The van der Waals surface area contributed by atoms with Gasteiger partial charge in [0.05, 0.1) is 20.2 Å². The smallest absolute Gasteiger partial charge is 0.334 e. The highest BCUT2D eigenvalue weighted by Gasteiger charge is 2.51. The minimum absolute atomic E-state index is 0.00719. The monoisotopic (exact) mass is 479 g/mol. The lowest BCUT2D eigenvalue weighted by Crippen LogP contribution is -2.74. The number of carbonyl (C=O) groups is 3. The molecule has 0 unspecified atom stereocenters. The fourth-order valence-corrected chi connectivity index (χ4v) is 4.76. The first-order valence-electron chi connectivity index (χ1n) is 11.9. The normalized spacial score (nSPS) is 20.8. The number of piperazine rings is 1. The summed E-state index contributed by atoms with van der Waals surface area (Å²) in [4.78, 5) is 43.6. The molecule has 0 aromatic heterocycles. The van der Waals surface area contributed by atoms with Gasteiger partial charge in [-0.15, -0.1) is 0 Å². The molecule has 0 bridgehead atoms. The van der Waals surface area contributed by atoms with Crippen LogP contribution in [0, 0.1) is 5.92 Å². The van der Waals surface area contributed by atoms with Crippen LogP contribution in [0.25, 0.3) is 0 Å². The number of hydrogen-bond donors (Lipinski definition) is 1. The molecule has 2 aromatic carbocycles. The third kappa shape index (κ3) is 5.09. The third-order valence-electron chi connectivity index (χ3n) is 6.34. The first-order chi connectivity index (χ1) is 16.8. The van der Waals surface area contributed by atoms with Gasteiger partial charge in [-0.05, 0) is 29.2 Å². The van der Waals surface area contributed by atoms with E-state index in [2.05, 4.69) is 19.2 Å². The number of benzene rings is 2. The summed E-state index contributed by atoms with van der Waals surface area (Å²) in [6, 6.07) is 15.7. The van der Waals surface area contributed by atoms with Crippen LogP contribution in [0.2, 0.25) is 0 Å². The van der Waals surface area contributed by atoms with Crippen LogP contribution in [-0.2, 0) is 16.1 Å². The molecule has 35 heavy (non-hydrogen) atoms. The summed E-state index contributed by atoms with van der Waals surface area (Å²) in [6.45, 7) is 5.24. The molecule has 4 amide bonds. The van der Waals surface area contributed by atoms with Gasteiger partial charge in [0.2, 0.25) is 11.8 Å². The molecule has 2 fully saturated rings. The third-order valence-corrected chi connectivity index (χ3v) is 6.34. The molecule has 9 heteroatoms. The van der Waals surface area contributed by atoms with Crippen LogP contribution in [0.1, 0.15) is 31.0 Å². The quantitative estimate of drug-likeness (QED) is 0.688. The van der Waals surface area contributed by atoms with Crippen molar-refractivity contribution in [2.45, 2.75) is 32.6 Å². The Hall–Kier alpha value is -3.59. The van der Waals surface area contributed by atoms with E-state index in [1.165, 1.54) is 0 Å². The minimum Gasteiger partial charge on any atom is -0.497 e. The maximum Gasteiger partial charge on any atom is 0.334 e. The van der Waals surface area contributed by atoms with Gasteiger partial charge in [-0.1, -0.05) is 56.3 Å². The second-order valence-electron chi connectivity index (χ2n) is 9.40. The Labute approximate surface area is 206 Å². The van der Waals surface area contributed by atoms with E-state index in [0.717, 1.165) is 16.9 Å². The lowest BCUT2D eigenvalue weighted by atomic mass is 9.98. The van der Waals surface area contributed by atoms with Crippen LogP contribution in [0.3, 0.4) is 0 Å². The summed E-state index contributed by atoms with van der Waals surface area (Å²) in [5.74, 6) is 0.700. The van der Waals surface area contributed by atoms with Gasteiger partial charge >= 0.3 is 6.03 Å². The molecule has 186 valence electrons. The molecule has 2 aromatic rings. The Bertz CT molecular complexity index is 1060. The zero-order valence-corrected chi connectivity index (χ0v) is 20.7. The first-order valence-corrected chi connectivity index (χ1v) is 11.9. The molecule has 2 aliphatic rings. The summed E-state index contributed by atoms with van der Waals surface area (Å²) in [6.07, 6.45) is -0.612. The number of carbonyl (C=O) groups excluding carboxylic acids is 3. The van der Waals surface area contributed by atoms with E-state index in [1.807, 2.05) is 54.6 Å². The second-order valence-corrected chi connectivity index (χ2v) is 9.40. The largest absolute Gasteiger partial charge is 0.497 e. The number of fused-ring (bicyclic) bond motifs is 1. The fourth-order valence-electron chi connectivity index (χ4n) is 4.76. The van der Waals surface area contributed by atoms with Gasteiger partial charge in [-0.3, -0.25) is 9.59 Å². The molecule has 2 heterocycles. The standard InChI is InChI=1S/C26H33N5O4/c1-18(2)15-29-16-22-30(24(25(29)33)20-8-6-5-7-9-20)23(32)17-28(3)31(22)26(34)27-14-19-10-12-21(35-4)13-11-19/h5-13,18,22,24H,14-17H2,1-4H3,(H,27,34)/t22-,24-/m0/s1. The van der Waals surface area contributed by atoms with Crippen LogP contribution < -0.4 is 10.1 Å². The maximum atomic E-state index is 13.6. The number of methoxy groups -OCH3 is 1. The molecule has 2 aliphatic heterocycles. The van der Waals surface area contributed by atoms with Crippen molar-refractivity contribution in [1.82, 2.24) is 25.1 Å². The van der Waals surface area contributed by atoms with Gasteiger partial charge in [0.25, 0.3) is 0 Å². The number of nitrogens with one attached hydrogen (secondary N) is 1. The zero-order chi connectivity index (χ0) is 25.1. The predicted molar refractivity (Wildman–Crippen MR) is 131 cm³/mol. The lowest BCUT2D eigenvalue weighted by Gasteiger charge is -2.54. The molecule has 0 aliphatic carbocycles. The number of amides is 4. The molecule has 0 spiro atoms. The topological polar surface area (TPSA) is 85.4 Å². The molecular formula is C26H33N5O4. The van der Waals surface area contributed by atoms with Crippen molar-refractivity contribution >= 4 is 17.8 Å². The van der Waals surface area contributed by atoms with Crippen molar-refractivity contribution < 1.29 is 19.1 Å². The Morgan fingerprint density at radius 3 is 2.40 bits per heavy atom. The average Bonchev–Trinajstić information content (AvgIpc) is 2.84. The van der Waals surface area contributed by atoms with E-state index < -0.39 is 12.2 Å². The Balaban J connectivity index is 1.62. The number of hydrogen-bond acceptors (Lipinski definition) is 5. The number of urea groups is 1. The summed E-state index contributed by atoms with van der Waals surface area (Å²) in [7, 11) is 3.33. The summed E-state index contributed by atoms with van der Waals surface area (Å²) >= 11 is 0. The highest BCUT2D eigenvalue weighted by molar-refractivity contribution is 5.92. The van der Waals surface area contributed by atoms with E-state index in [1.54, 1.807) is 34.0 Å². The molecule has 9 nitrogen and oxygen atoms in total. The van der Waals surface area contributed by atoms with Crippen LogP contribution >= 0.6 is 0 Å². The zero-order valence-electron chi connectivity index (χ0n) is 20.7. The van der Waals surface area contributed by atoms with Crippen LogP contribution in [0.5, 0.6) is 5.75 Å². The van der Waals surface area contributed by atoms with Crippen molar-refractivity contribution in [3.05, 3.63) is 65.7 Å². The molecule has 4 rings (SSSR count). The number of rotatable bonds is 6. The van der Waals surface area contributed by atoms with E-state index in [0.29, 0.717) is 13.1 Å². The van der Waals surface area contributed by atoms with Crippen LogP contribution in [0.4, 0.5) is 4.79 Å². The summed E-state index contributed by atoms with van der Waals surface area (Å²) in [5, 5.41) is 6.18. The van der Waals surface area contributed by atoms with Gasteiger partial charge in [0, 0.05) is 20.1 Å². The van der Waals surface area contributed by atoms with Crippen molar-refractivity contribution in [3.8, 4) is 5.75 Å². The number of nitrogens with zero attached hydrogens (tertiary/aromatic N) is 4. The van der Waals surface area contributed by atoms with Gasteiger partial charge in [0.1, 0.15) is 18.0 Å². The molecule has 0 radical (unpaired) electrons. The van der Waals surface area contributed by atoms with Crippen molar-refractivity contribution in [2.75, 3.05) is 33.8 Å². The van der Waals surface area contributed by atoms with E-state index in [-0.39, 0.29) is 36.9 Å². The second kappa shape index (κ2) is 10.4. The van der Waals surface area contributed by atoms with Crippen LogP contribution in [-0.4, -0.2) is 77.6 Å². The van der Waals surface area contributed by atoms with Crippen molar-refractivity contribution in [2.24, 2.45) is 5.92 Å². The molecule has 0 saturated carbocycles. The predicted octanol–water partition coefficient (Wildman–Crippen LogP) is 2.46. The Morgan fingerprint density at radius 1 is 1.09 bits per heavy atom. The summed E-state index contributed by atoms with van der Waals surface area (Å²) < 4.78 is 5.19. The number of ether oxygens (including phenoxy) is 1. The summed E-state index contributed by atoms with van der Waals surface area (Å²) in [5.41, 5.74) is 1.67. The molecule has 1 N–H and O–H groups in total. The SMILES string of the molecule is COc1ccc(CNC(=O)N2[C@H]3CN(CC(C)C)C(=O)[C@H](c4ccccc4)N3C(=O)CN2C)cc1. The van der Waals surface area contributed by atoms with Gasteiger partial charge in [0.15, 0.2) is 0 Å². The molecule has 2 saturated heterocycles. The Kier molecular flexibility index (Phi) is 7.25. The minimum atomic E-state index is -0.771. The van der Waals surface area contributed by atoms with E-state index in [9.17, 15) is 14.4 Å². The number of hydrazine groups is 1. The van der Waals surface area contributed by atoms with Gasteiger partial charge in [-0.2, -0.15) is 0 Å². The van der Waals surface area contributed by atoms with Crippen molar-refractivity contribution in [3.63, 3.8) is 0 Å². The maximum absolute atomic E-state index is 13.6. The van der Waals surface area contributed by atoms with Gasteiger partial charge < -0.3 is 19.9 Å². The Morgan fingerprint density at radius 2 is 1.77 bits per heavy atom. The van der Waals surface area contributed by atoms with Crippen LogP contribution in [0.15, 0.2) is 54.6 Å². The number of likely N-dealkylation sites (N-methyl/N-ethyl adjacent to an activating group) is 1.